The van der Waals surface area contributed by atoms with Gasteiger partial charge in [0.05, 0.1) is 11.4 Å². The Morgan fingerprint density at radius 3 is 3.06 bits per heavy atom. The summed E-state index contributed by atoms with van der Waals surface area (Å²) in [5, 5.41) is 12.0. The molecule has 4 nitrogen and oxygen atoms in total. The van der Waals surface area contributed by atoms with Crippen LogP contribution in [-0.4, -0.2) is 27.6 Å². The molecule has 5 heteroatoms. The lowest BCUT2D eigenvalue weighted by atomic mass is 10.3. The number of hydrogen-bond acceptors (Lipinski definition) is 4. The highest BCUT2D eigenvalue weighted by molar-refractivity contribution is 7.17. The highest BCUT2D eigenvalue weighted by Gasteiger charge is 2.09. The number of thiazole rings is 1. The minimum Gasteiger partial charge on any atom is -0.396 e. The molecule has 0 aromatic carbocycles. The molecule has 2 N–H and O–H groups in total. The van der Waals surface area contributed by atoms with Crippen molar-refractivity contribution in [2.75, 3.05) is 13.2 Å². The number of fused-ring (bicyclic) bond motifs is 1. The maximum atomic E-state index is 8.70. The second-order valence-corrected chi connectivity index (χ2v) is 5.11. The first-order valence-corrected chi connectivity index (χ1v) is 6.29. The van der Waals surface area contributed by atoms with Crippen LogP contribution in [0.2, 0.25) is 0 Å². The average Bonchev–Trinajstić information content (AvgIpc) is 2.70. The first-order chi connectivity index (χ1) is 7.72. The van der Waals surface area contributed by atoms with Crippen molar-refractivity contribution in [3.05, 3.63) is 22.5 Å². The molecule has 88 valence electrons. The SMILES string of the molecule is Cc1cn2c(CNCCCO)c(C)nc2s1. The van der Waals surface area contributed by atoms with Gasteiger partial charge in [-0.1, -0.05) is 0 Å². The van der Waals surface area contributed by atoms with E-state index >= 15 is 0 Å². The molecule has 0 saturated carbocycles. The number of aromatic nitrogens is 2. The predicted octanol–water partition coefficient (Wildman–Crippen LogP) is 1.48. The van der Waals surface area contributed by atoms with Crippen molar-refractivity contribution in [3.8, 4) is 0 Å². The Labute approximate surface area is 98.9 Å². The van der Waals surface area contributed by atoms with Gasteiger partial charge in [0.2, 0.25) is 0 Å². The van der Waals surface area contributed by atoms with Crippen LogP contribution in [0.4, 0.5) is 0 Å². The van der Waals surface area contributed by atoms with Gasteiger partial charge < -0.3 is 10.4 Å². The number of imidazole rings is 1. The van der Waals surface area contributed by atoms with Crippen molar-refractivity contribution in [1.82, 2.24) is 14.7 Å². The smallest absolute Gasteiger partial charge is 0.194 e. The van der Waals surface area contributed by atoms with Crippen molar-refractivity contribution >= 4 is 16.3 Å². The van der Waals surface area contributed by atoms with E-state index in [9.17, 15) is 0 Å². The summed E-state index contributed by atoms with van der Waals surface area (Å²) >= 11 is 1.71. The van der Waals surface area contributed by atoms with Crippen molar-refractivity contribution in [3.63, 3.8) is 0 Å². The molecular weight excluding hydrogens is 222 g/mol. The van der Waals surface area contributed by atoms with Gasteiger partial charge in [0.1, 0.15) is 0 Å². The van der Waals surface area contributed by atoms with E-state index in [0.29, 0.717) is 0 Å². The Morgan fingerprint density at radius 2 is 2.31 bits per heavy atom. The van der Waals surface area contributed by atoms with Gasteiger partial charge in [-0.15, -0.1) is 11.3 Å². The van der Waals surface area contributed by atoms with Crippen LogP contribution in [0.3, 0.4) is 0 Å². The van der Waals surface area contributed by atoms with E-state index in [1.54, 1.807) is 11.3 Å². The van der Waals surface area contributed by atoms with Gasteiger partial charge in [-0.3, -0.25) is 4.40 Å². The normalized spacial score (nSPS) is 11.4. The lowest BCUT2D eigenvalue weighted by molar-refractivity contribution is 0.286. The fourth-order valence-electron chi connectivity index (χ4n) is 1.73. The van der Waals surface area contributed by atoms with Crippen molar-refractivity contribution in [2.45, 2.75) is 26.8 Å². The molecule has 0 spiro atoms. The highest BCUT2D eigenvalue weighted by Crippen LogP contribution is 2.20. The molecule has 2 aromatic heterocycles. The van der Waals surface area contributed by atoms with Crippen LogP contribution in [0.15, 0.2) is 6.20 Å². The zero-order valence-electron chi connectivity index (χ0n) is 9.66. The maximum Gasteiger partial charge on any atom is 0.194 e. The van der Waals surface area contributed by atoms with Crippen molar-refractivity contribution in [2.24, 2.45) is 0 Å². The molecule has 2 aromatic rings. The number of hydrogen-bond donors (Lipinski definition) is 2. The van der Waals surface area contributed by atoms with E-state index in [-0.39, 0.29) is 6.61 Å². The van der Waals surface area contributed by atoms with Gasteiger partial charge in [0.25, 0.3) is 0 Å². The van der Waals surface area contributed by atoms with E-state index in [0.717, 1.165) is 30.2 Å². The van der Waals surface area contributed by atoms with Gasteiger partial charge in [0, 0.05) is 24.2 Å². The van der Waals surface area contributed by atoms with E-state index < -0.39 is 0 Å². The molecule has 2 heterocycles. The van der Waals surface area contributed by atoms with E-state index in [4.69, 9.17) is 5.11 Å². The summed E-state index contributed by atoms with van der Waals surface area (Å²) in [5.74, 6) is 0. The largest absolute Gasteiger partial charge is 0.396 e. The summed E-state index contributed by atoms with van der Waals surface area (Å²) in [6.07, 6.45) is 2.92. The zero-order valence-corrected chi connectivity index (χ0v) is 10.5. The molecule has 0 atom stereocenters. The van der Waals surface area contributed by atoms with Crippen LogP contribution in [0.25, 0.3) is 4.96 Å². The summed E-state index contributed by atoms with van der Waals surface area (Å²) in [5.41, 5.74) is 2.31. The molecule has 0 aliphatic heterocycles. The third kappa shape index (κ3) is 2.26. The Hall–Kier alpha value is -0.910. The molecule has 0 fully saturated rings. The summed E-state index contributed by atoms with van der Waals surface area (Å²) < 4.78 is 2.15. The summed E-state index contributed by atoms with van der Waals surface area (Å²) in [7, 11) is 0. The lowest BCUT2D eigenvalue weighted by Crippen LogP contribution is -2.17. The quantitative estimate of drug-likeness (QED) is 0.777. The molecule has 0 aliphatic carbocycles. The van der Waals surface area contributed by atoms with Crippen molar-refractivity contribution < 1.29 is 5.11 Å². The zero-order chi connectivity index (χ0) is 11.5. The molecule has 0 saturated heterocycles. The summed E-state index contributed by atoms with van der Waals surface area (Å²) in [4.78, 5) is 6.87. The first kappa shape index (κ1) is 11.6. The van der Waals surface area contributed by atoms with Crippen LogP contribution in [0.5, 0.6) is 0 Å². The fraction of sp³-hybridized carbons (Fsp3) is 0.545. The molecule has 16 heavy (non-hydrogen) atoms. The highest BCUT2D eigenvalue weighted by atomic mass is 32.1. The molecule has 0 bridgehead atoms. The summed E-state index contributed by atoms with van der Waals surface area (Å²) in [6, 6.07) is 0. The Kier molecular flexibility index (Phi) is 3.58. The molecule has 0 unspecified atom stereocenters. The monoisotopic (exact) mass is 239 g/mol. The predicted molar refractivity (Wildman–Crippen MR) is 66.0 cm³/mol. The molecule has 2 rings (SSSR count). The van der Waals surface area contributed by atoms with E-state index in [1.807, 2.05) is 6.92 Å². The van der Waals surface area contributed by atoms with E-state index in [1.165, 1.54) is 10.6 Å². The number of nitrogens with one attached hydrogen (secondary N) is 1. The van der Waals surface area contributed by atoms with Crippen LogP contribution >= 0.6 is 11.3 Å². The average molecular weight is 239 g/mol. The van der Waals surface area contributed by atoms with Crippen molar-refractivity contribution in [1.29, 1.82) is 0 Å². The minimum atomic E-state index is 0.241. The Bertz CT molecular complexity index is 475. The van der Waals surface area contributed by atoms with Gasteiger partial charge in [-0.2, -0.15) is 0 Å². The third-order valence-corrected chi connectivity index (χ3v) is 3.44. The molecule has 0 radical (unpaired) electrons. The Morgan fingerprint density at radius 1 is 1.50 bits per heavy atom. The number of aryl methyl sites for hydroxylation is 2. The molecule has 0 aliphatic rings. The van der Waals surface area contributed by atoms with Gasteiger partial charge in [-0.05, 0) is 26.8 Å². The minimum absolute atomic E-state index is 0.241. The van der Waals surface area contributed by atoms with Crippen LogP contribution < -0.4 is 5.32 Å². The van der Waals surface area contributed by atoms with Gasteiger partial charge >= 0.3 is 0 Å². The van der Waals surface area contributed by atoms with Gasteiger partial charge in [-0.25, -0.2) is 4.98 Å². The first-order valence-electron chi connectivity index (χ1n) is 5.48. The van der Waals surface area contributed by atoms with E-state index in [2.05, 4.69) is 27.8 Å². The van der Waals surface area contributed by atoms with Crippen LogP contribution in [0, 0.1) is 13.8 Å². The topological polar surface area (TPSA) is 49.6 Å². The lowest BCUT2D eigenvalue weighted by Gasteiger charge is -2.03. The number of aliphatic hydroxyl groups excluding tert-OH is 1. The maximum absolute atomic E-state index is 8.70. The number of nitrogens with zero attached hydrogens (tertiary/aromatic N) is 2. The molecule has 0 amide bonds. The fourth-order valence-corrected chi connectivity index (χ4v) is 2.62. The third-order valence-electron chi connectivity index (χ3n) is 2.55. The second kappa shape index (κ2) is 4.95. The summed E-state index contributed by atoms with van der Waals surface area (Å²) in [6.45, 7) is 6.02. The van der Waals surface area contributed by atoms with Crippen LogP contribution in [0.1, 0.15) is 22.7 Å². The van der Waals surface area contributed by atoms with Crippen LogP contribution in [-0.2, 0) is 6.54 Å². The number of aliphatic hydroxyl groups is 1. The molecular formula is C11H17N3OS. The second-order valence-electron chi connectivity index (χ2n) is 3.89. The Balaban J connectivity index is 2.12. The number of rotatable bonds is 5. The standard InChI is InChI=1S/C11H17N3OS/c1-8-7-14-10(6-12-4-3-5-15)9(2)13-11(14)16-8/h7,12,15H,3-6H2,1-2H3. The van der Waals surface area contributed by atoms with Gasteiger partial charge in [0.15, 0.2) is 4.96 Å².